The smallest absolute Gasteiger partial charge is 0.0973 e. The Labute approximate surface area is 169 Å². The fourth-order valence-corrected chi connectivity index (χ4v) is 4.15. The Hall–Kier alpha value is -3.59. The van der Waals surface area contributed by atoms with Crippen molar-refractivity contribution in [1.29, 1.82) is 5.26 Å². The quantitative estimate of drug-likeness (QED) is 0.534. The van der Waals surface area contributed by atoms with Gasteiger partial charge in [0.1, 0.15) is 0 Å². The second-order valence-corrected chi connectivity index (χ2v) is 7.62. The van der Waals surface area contributed by atoms with E-state index in [4.69, 9.17) is 0 Å². The molecule has 0 aliphatic carbocycles. The van der Waals surface area contributed by atoms with Crippen LogP contribution in [0, 0.1) is 17.2 Å². The largest absolute Gasteiger partial charge is 0.370 e. The molecule has 0 amide bonds. The first-order valence-electron chi connectivity index (χ1n) is 9.93. The van der Waals surface area contributed by atoms with Gasteiger partial charge in [0, 0.05) is 49.6 Å². The van der Waals surface area contributed by atoms with E-state index >= 15 is 0 Å². The first-order chi connectivity index (χ1) is 14.2. The molecule has 0 saturated carbocycles. The van der Waals surface area contributed by atoms with E-state index < -0.39 is 0 Å². The van der Waals surface area contributed by atoms with Crippen LogP contribution < -0.4 is 4.90 Å². The molecule has 4 heterocycles. The second kappa shape index (κ2) is 7.10. The number of aryl methyl sites for hydroxylation is 1. The lowest BCUT2D eigenvalue weighted by Crippen LogP contribution is -2.33. The van der Waals surface area contributed by atoms with Crippen molar-refractivity contribution in [3.63, 3.8) is 0 Å². The van der Waals surface area contributed by atoms with Crippen molar-refractivity contribution < 1.29 is 0 Å². The van der Waals surface area contributed by atoms with Crippen LogP contribution in [0.15, 0.2) is 61.2 Å². The first-order valence-corrected chi connectivity index (χ1v) is 9.93. The van der Waals surface area contributed by atoms with Crippen molar-refractivity contribution >= 4 is 11.2 Å². The van der Waals surface area contributed by atoms with Crippen LogP contribution in [0.4, 0.5) is 5.69 Å². The highest BCUT2D eigenvalue weighted by atomic mass is 15.2. The zero-order valence-electron chi connectivity index (χ0n) is 16.4. The average molecular weight is 382 g/mol. The third-order valence-corrected chi connectivity index (χ3v) is 5.77. The normalized spacial score (nSPS) is 15.0. The predicted octanol–water partition coefficient (Wildman–Crippen LogP) is 4.14. The van der Waals surface area contributed by atoms with Gasteiger partial charge in [-0.15, -0.1) is 0 Å². The molecule has 0 radical (unpaired) electrons. The number of rotatable bonds is 3. The molecule has 5 rings (SSSR count). The third-order valence-electron chi connectivity index (χ3n) is 5.77. The van der Waals surface area contributed by atoms with E-state index in [1.54, 1.807) is 0 Å². The number of nitriles is 1. The summed E-state index contributed by atoms with van der Waals surface area (Å²) in [5.41, 5.74) is 6.84. The molecule has 6 heteroatoms. The topological polar surface area (TPSA) is 62.1 Å². The summed E-state index contributed by atoms with van der Waals surface area (Å²) in [5.74, 6) is 0.176. The van der Waals surface area contributed by atoms with E-state index in [1.807, 2.05) is 47.1 Å². The Morgan fingerprint density at radius 3 is 2.41 bits per heavy atom. The molecule has 1 saturated heterocycles. The summed E-state index contributed by atoms with van der Waals surface area (Å²) in [5, 5.41) is 18.0. The summed E-state index contributed by atoms with van der Waals surface area (Å²) in [6.45, 7) is 1.81. The van der Waals surface area contributed by atoms with E-state index in [1.165, 1.54) is 5.69 Å². The standard InChI is InChI=1S/C23H22N6/c1-27-16-20(14-25-27)18-4-6-19(7-5-18)21-15-26-29-10-2-3-22(23(21)29)28-11-8-17(13-24)9-12-28/h2-7,10,14-17H,8-9,11-12H2,1H3. The Balaban J connectivity index is 1.52. The zero-order chi connectivity index (χ0) is 19.8. The van der Waals surface area contributed by atoms with Gasteiger partial charge >= 0.3 is 0 Å². The molecule has 0 N–H and O–H groups in total. The van der Waals surface area contributed by atoms with Crippen LogP contribution in [0.25, 0.3) is 27.8 Å². The number of aromatic nitrogens is 4. The summed E-state index contributed by atoms with van der Waals surface area (Å²) >= 11 is 0. The van der Waals surface area contributed by atoms with Crippen molar-refractivity contribution in [2.45, 2.75) is 12.8 Å². The first kappa shape index (κ1) is 17.5. The Morgan fingerprint density at radius 2 is 1.72 bits per heavy atom. The number of hydrogen-bond acceptors (Lipinski definition) is 4. The number of nitrogens with zero attached hydrogens (tertiary/aromatic N) is 6. The molecule has 4 aromatic rings. The minimum atomic E-state index is 0.176. The van der Waals surface area contributed by atoms with Gasteiger partial charge in [-0.3, -0.25) is 4.68 Å². The van der Waals surface area contributed by atoms with Crippen molar-refractivity contribution in [3.05, 3.63) is 61.2 Å². The highest BCUT2D eigenvalue weighted by molar-refractivity contribution is 5.90. The summed E-state index contributed by atoms with van der Waals surface area (Å²) in [4.78, 5) is 2.39. The number of piperidine rings is 1. The molecule has 0 unspecified atom stereocenters. The molecule has 1 aromatic carbocycles. The molecular weight excluding hydrogens is 360 g/mol. The molecule has 144 valence electrons. The van der Waals surface area contributed by atoms with Gasteiger partial charge in [-0.25, -0.2) is 4.52 Å². The lowest BCUT2D eigenvalue weighted by molar-refractivity contribution is 0.488. The van der Waals surface area contributed by atoms with Gasteiger partial charge in [0.2, 0.25) is 0 Å². The van der Waals surface area contributed by atoms with Crippen LogP contribution in [0.1, 0.15) is 12.8 Å². The maximum absolute atomic E-state index is 9.20. The number of fused-ring (bicyclic) bond motifs is 1. The number of benzene rings is 1. The van der Waals surface area contributed by atoms with E-state index in [0.717, 1.165) is 53.7 Å². The Morgan fingerprint density at radius 1 is 0.966 bits per heavy atom. The van der Waals surface area contributed by atoms with Gasteiger partial charge in [-0.05, 0) is 36.1 Å². The van der Waals surface area contributed by atoms with Crippen LogP contribution in [0.3, 0.4) is 0 Å². The molecule has 1 aliphatic rings. The van der Waals surface area contributed by atoms with Crippen molar-refractivity contribution in [2.24, 2.45) is 13.0 Å². The second-order valence-electron chi connectivity index (χ2n) is 7.62. The SMILES string of the molecule is Cn1cc(-c2ccc(-c3cnn4cccc(N5CCC(C#N)CC5)c34)cc2)cn1. The lowest BCUT2D eigenvalue weighted by atomic mass is 9.97. The number of anilines is 1. The third kappa shape index (κ3) is 3.15. The zero-order valence-corrected chi connectivity index (χ0v) is 16.4. The van der Waals surface area contributed by atoms with Gasteiger partial charge in [0.25, 0.3) is 0 Å². The van der Waals surface area contributed by atoms with Crippen molar-refractivity contribution in [2.75, 3.05) is 18.0 Å². The Kier molecular flexibility index (Phi) is 4.28. The average Bonchev–Trinajstić information content (AvgIpc) is 3.40. The van der Waals surface area contributed by atoms with Gasteiger partial charge in [-0.2, -0.15) is 15.5 Å². The van der Waals surface area contributed by atoms with E-state index in [0.29, 0.717) is 0 Å². The minimum absolute atomic E-state index is 0.176. The molecular formula is C23H22N6. The van der Waals surface area contributed by atoms with Crippen molar-refractivity contribution in [1.82, 2.24) is 19.4 Å². The molecule has 1 aliphatic heterocycles. The summed E-state index contributed by atoms with van der Waals surface area (Å²) in [7, 11) is 1.93. The van der Waals surface area contributed by atoms with Gasteiger partial charge in [0.05, 0.1) is 29.7 Å². The molecule has 0 atom stereocenters. The number of hydrogen-bond donors (Lipinski definition) is 0. The fourth-order valence-electron chi connectivity index (χ4n) is 4.15. The van der Waals surface area contributed by atoms with Crippen LogP contribution in [0.2, 0.25) is 0 Å². The molecule has 3 aromatic heterocycles. The highest BCUT2D eigenvalue weighted by Gasteiger charge is 2.22. The maximum atomic E-state index is 9.20. The van der Waals surface area contributed by atoms with Crippen LogP contribution in [-0.4, -0.2) is 32.5 Å². The summed E-state index contributed by atoms with van der Waals surface area (Å²) in [6.07, 6.45) is 9.68. The lowest BCUT2D eigenvalue weighted by Gasteiger charge is -2.31. The van der Waals surface area contributed by atoms with Crippen molar-refractivity contribution in [3.8, 4) is 28.3 Å². The molecule has 0 spiro atoms. The number of pyridine rings is 1. The van der Waals surface area contributed by atoms with Crippen LogP contribution in [0.5, 0.6) is 0 Å². The molecule has 6 nitrogen and oxygen atoms in total. The maximum Gasteiger partial charge on any atom is 0.0973 e. The molecule has 0 bridgehead atoms. The Bertz CT molecular complexity index is 1190. The summed E-state index contributed by atoms with van der Waals surface area (Å²) < 4.78 is 3.77. The van der Waals surface area contributed by atoms with Gasteiger partial charge in [0.15, 0.2) is 0 Å². The molecule has 29 heavy (non-hydrogen) atoms. The van der Waals surface area contributed by atoms with E-state index in [9.17, 15) is 5.26 Å². The van der Waals surface area contributed by atoms with E-state index in [2.05, 4.69) is 51.5 Å². The van der Waals surface area contributed by atoms with Gasteiger partial charge < -0.3 is 4.90 Å². The molecule has 1 fully saturated rings. The van der Waals surface area contributed by atoms with Crippen LogP contribution >= 0.6 is 0 Å². The van der Waals surface area contributed by atoms with E-state index in [-0.39, 0.29) is 5.92 Å². The highest BCUT2D eigenvalue weighted by Crippen LogP contribution is 2.34. The summed E-state index contributed by atoms with van der Waals surface area (Å²) in [6, 6.07) is 15.2. The fraction of sp³-hybridized carbons (Fsp3) is 0.261. The minimum Gasteiger partial charge on any atom is -0.370 e. The van der Waals surface area contributed by atoms with Gasteiger partial charge in [-0.1, -0.05) is 24.3 Å². The predicted molar refractivity (Wildman–Crippen MR) is 113 cm³/mol. The monoisotopic (exact) mass is 382 g/mol. The van der Waals surface area contributed by atoms with Crippen LogP contribution in [-0.2, 0) is 7.05 Å².